The van der Waals surface area contributed by atoms with Crippen molar-refractivity contribution in [2.24, 2.45) is 16.8 Å². The predicted molar refractivity (Wildman–Crippen MR) is 65.2 cm³/mol. The Kier molecular flexibility index (Phi) is 3.41. The number of anilines is 1. The van der Waals surface area contributed by atoms with Gasteiger partial charge in [0.15, 0.2) is 17.3 Å². The Bertz CT molecular complexity index is 412. The number of piperidine rings is 1. The van der Waals surface area contributed by atoms with E-state index in [4.69, 9.17) is 10.9 Å². The van der Waals surface area contributed by atoms with Crippen LogP contribution in [0.2, 0.25) is 0 Å². The minimum Gasteiger partial charge on any atom is -0.409 e. The second kappa shape index (κ2) is 4.99. The molecule has 3 N–H and O–H groups in total. The van der Waals surface area contributed by atoms with Crippen LogP contribution in [-0.2, 0) is 0 Å². The molecular weight excluding hydrogens is 218 g/mol. The highest BCUT2D eigenvalue weighted by atomic mass is 16.4. The van der Waals surface area contributed by atoms with Crippen LogP contribution in [0.5, 0.6) is 0 Å². The molecule has 0 aromatic carbocycles. The van der Waals surface area contributed by atoms with Crippen LogP contribution in [0.3, 0.4) is 0 Å². The van der Waals surface area contributed by atoms with E-state index in [1.807, 2.05) is 0 Å². The van der Waals surface area contributed by atoms with Gasteiger partial charge in [0.1, 0.15) is 0 Å². The van der Waals surface area contributed by atoms with E-state index in [1.165, 1.54) is 0 Å². The van der Waals surface area contributed by atoms with E-state index < -0.39 is 0 Å². The Labute approximate surface area is 100 Å². The molecule has 6 nitrogen and oxygen atoms in total. The molecule has 0 amide bonds. The third kappa shape index (κ3) is 2.46. The quantitative estimate of drug-likeness (QED) is 0.343. The minimum atomic E-state index is 0.00622. The first-order valence-corrected chi connectivity index (χ1v) is 5.76. The number of aromatic nitrogens is 2. The molecule has 17 heavy (non-hydrogen) atoms. The maximum absolute atomic E-state index is 8.73. The zero-order valence-corrected chi connectivity index (χ0v) is 9.87. The molecular formula is C11H17N5O. The molecule has 92 valence electrons. The number of nitrogens with zero attached hydrogens (tertiary/aromatic N) is 4. The van der Waals surface area contributed by atoms with Gasteiger partial charge in [-0.2, -0.15) is 0 Å². The number of oxime groups is 1. The lowest BCUT2D eigenvalue weighted by Gasteiger charge is -2.31. The fourth-order valence-corrected chi connectivity index (χ4v) is 2.01. The van der Waals surface area contributed by atoms with Gasteiger partial charge in [0.05, 0.1) is 0 Å². The van der Waals surface area contributed by atoms with Crippen molar-refractivity contribution in [1.29, 1.82) is 0 Å². The average Bonchev–Trinajstić information content (AvgIpc) is 2.39. The molecule has 1 aromatic heterocycles. The molecule has 1 aliphatic heterocycles. The van der Waals surface area contributed by atoms with Gasteiger partial charge in [-0.3, -0.25) is 0 Å². The van der Waals surface area contributed by atoms with Crippen molar-refractivity contribution in [3.05, 3.63) is 18.1 Å². The summed E-state index contributed by atoms with van der Waals surface area (Å²) >= 11 is 0. The lowest BCUT2D eigenvalue weighted by atomic mass is 9.99. The zero-order valence-electron chi connectivity index (χ0n) is 9.87. The summed E-state index contributed by atoms with van der Waals surface area (Å²) in [5.74, 6) is 1.46. The largest absolute Gasteiger partial charge is 0.409 e. The summed E-state index contributed by atoms with van der Waals surface area (Å²) in [6, 6.07) is 0. The Balaban J connectivity index is 2.26. The maximum atomic E-state index is 8.73. The van der Waals surface area contributed by atoms with Crippen molar-refractivity contribution < 1.29 is 5.21 Å². The van der Waals surface area contributed by atoms with Crippen molar-refractivity contribution in [1.82, 2.24) is 9.97 Å². The third-order valence-corrected chi connectivity index (χ3v) is 3.11. The first-order valence-electron chi connectivity index (χ1n) is 5.76. The normalized spacial score (nSPS) is 18.4. The second-order valence-corrected chi connectivity index (χ2v) is 4.38. The smallest absolute Gasteiger partial charge is 0.192 e. The van der Waals surface area contributed by atoms with Gasteiger partial charge >= 0.3 is 0 Å². The summed E-state index contributed by atoms with van der Waals surface area (Å²) in [6.45, 7) is 4.12. The highest BCUT2D eigenvalue weighted by molar-refractivity contribution is 5.99. The summed E-state index contributed by atoms with van der Waals surface area (Å²) in [5, 5.41) is 11.7. The van der Waals surface area contributed by atoms with E-state index in [-0.39, 0.29) is 5.84 Å². The molecule has 6 heteroatoms. The van der Waals surface area contributed by atoms with Gasteiger partial charge in [0.25, 0.3) is 0 Å². The molecule has 2 heterocycles. The standard InChI is InChI=1S/C11H17N5O/c1-8-2-6-16(7-3-8)11-9(10(12)15-17)13-4-5-14-11/h4-5,8,17H,2-3,6-7H2,1H3,(H2,12,15). The molecule has 0 aliphatic carbocycles. The van der Waals surface area contributed by atoms with Crippen molar-refractivity contribution in [3.63, 3.8) is 0 Å². The number of hydrogen-bond acceptors (Lipinski definition) is 5. The molecule has 2 rings (SSSR count). The van der Waals surface area contributed by atoms with Gasteiger partial charge in [-0.1, -0.05) is 12.1 Å². The minimum absolute atomic E-state index is 0.00622. The van der Waals surface area contributed by atoms with Crippen LogP contribution in [0.1, 0.15) is 25.5 Å². The lowest BCUT2D eigenvalue weighted by Crippen LogP contribution is -2.35. The van der Waals surface area contributed by atoms with Crippen LogP contribution >= 0.6 is 0 Å². The maximum Gasteiger partial charge on any atom is 0.192 e. The molecule has 1 saturated heterocycles. The Morgan fingerprint density at radius 1 is 1.41 bits per heavy atom. The Morgan fingerprint density at radius 3 is 2.71 bits per heavy atom. The van der Waals surface area contributed by atoms with Gasteiger partial charge in [-0.15, -0.1) is 0 Å². The number of amidine groups is 1. The second-order valence-electron chi connectivity index (χ2n) is 4.38. The van der Waals surface area contributed by atoms with E-state index in [2.05, 4.69) is 26.9 Å². The van der Waals surface area contributed by atoms with E-state index in [9.17, 15) is 0 Å². The van der Waals surface area contributed by atoms with E-state index >= 15 is 0 Å². The zero-order chi connectivity index (χ0) is 12.3. The summed E-state index contributed by atoms with van der Waals surface area (Å²) < 4.78 is 0. The molecule has 0 saturated carbocycles. The monoisotopic (exact) mass is 235 g/mol. The third-order valence-electron chi connectivity index (χ3n) is 3.11. The van der Waals surface area contributed by atoms with Gasteiger partial charge in [0.2, 0.25) is 0 Å². The fourth-order valence-electron chi connectivity index (χ4n) is 2.01. The Hall–Kier alpha value is -1.85. The van der Waals surface area contributed by atoms with Gasteiger partial charge in [0, 0.05) is 25.5 Å². The summed E-state index contributed by atoms with van der Waals surface area (Å²) in [4.78, 5) is 10.6. The van der Waals surface area contributed by atoms with Crippen LogP contribution in [0.25, 0.3) is 0 Å². The van der Waals surface area contributed by atoms with Crippen LogP contribution in [-0.4, -0.2) is 34.1 Å². The first kappa shape index (κ1) is 11.6. The molecule has 0 unspecified atom stereocenters. The molecule has 1 aromatic rings. The SMILES string of the molecule is CC1CCN(c2nccnc2C(N)=NO)CC1. The molecule has 0 radical (unpaired) electrons. The lowest BCUT2D eigenvalue weighted by molar-refractivity contribution is 0.318. The topological polar surface area (TPSA) is 87.6 Å². The molecule has 0 bridgehead atoms. The van der Waals surface area contributed by atoms with Crippen molar-refractivity contribution in [2.45, 2.75) is 19.8 Å². The van der Waals surface area contributed by atoms with Gasteiger partial charge < -0.3 is 15.8 Å². The van der Waals surface area contributed by atoms with Crippen LogP contribution in [0.4, 0.5) is 5.82 Å². The summed E-state index contributed by atoms with van der Waals surface area (Å²) in [6.07, 6.45) is 5.43. The highest BCUT2D eigenvalue weighted by Gasteiger charge is 2.21. The molecule has 0 atom stereocenters. The first-order chi connectivity index (χ1) is 8.22. The number of hydrogen-bond donors (Lipinski definition) is 2. The average molecular weight is 235 g/mol. The molecule has 0 spiro atoms. The fraction of sp³-hybridized carbons (Fsp3) is 0.545. The summed E-state index contributed by atoms with van der Waals surface area (Å²) in [5.41, 5.74) is 6.05. The van der Waals surface area contributed by atoms with E-state index in [1.54, 1.807) is 12.4 Å². The van der Waals surface area contributed by atoms with Gasteiger partial charge in [-0.05, 0) is 18.8 Å². The summed E-state index contributed by atoms with van der Waals surface area (Å²) in [7, 11) is 0. The van der Waals surface area contributed by atoms with Crippen LogP contribution < -0.4 is 10.6 Å². The van der Waals surface area contributed by atoms with Crippen molar-refractivity contribution >= 4 is 11.7 Å². The van der Waals surface area contributed by atoms with Crippen molar-refractivity contribution in [2.75, 3.05) is 18.0 Å². The van der Waals surface area contributed by atoms with Crippen LogP contribution in [0, 0.1) is 5.92 Å². The van der Waals surface area contributed by atoms with E-state index in [0.29, 0.717) is 11.5 Å². The van der Waals surface area contributed by atoms with Crippen LogP contribution in [0.15, 0.2) is 17.5 Å². The highest BCUT2D eigenvalue weighted by Crippen LogP contribution is 2.22. The molecule has 1 aliphatic rings. The van der Waals surface area contributed by atoms with Gasteiger partial charge in [-0.25, -0.2) is 9.97 Å². The predicted octanol–water partition coefficient (Wildman–Crippen LogP) is 0.807. The number of nitrogens with two attached hydrogens (primary N) is 1. The van der Waals surface area contributed by atoms with Crippen molar-refractivity contribution in [3.8, 4) is 0 Å². The number of rotatable bonds is 2. The Morgan fingerprint density at radius 2 is 2.06 bits per heavy atom. The van der Waals surface area contributed by atoms with E-state index in [0.717, 1.165) is 31.8 Å². The molecule has 1 fully saturated rings.